The van der Waals surface area contributed by atoms with Crippen LogP contribution in [0.1, 0.15) is 35.9 Å². The Morgan fingerprint density at radius 3 is 2.36 bits per heavy atom. The van der Waals surface area contributed by atoms with Crippen molar-refractivity contribution in [2.24, 2.45) is 0 Å². The largest absolute Gasteiger partial charge is 0.388 e. The van der Waals surface area contributed by atoms with Crippen molar-refractivity contribution >= 4 is 46.6 Å². The van der Waals surface area contributed by atoms with Crippen LogP contribution in [0.25, 0.3) is 11.2 Å². The summed E-state index contributed by atoms with van der Waals surface area (Å²) in [5.41, 5.74) is 3.69. The highest BCUT2D eigenvalue weighted by atomic mass is 16.3. The Kier molecular flexibility index (Phi) is 9.28. The summed E-state index contributed by atoms with van der Waals surface area (Å²) in [4.78, 5) is 59.5. The monoisotopic (exact) mass is 717 g/mol. The van der Waals surface area contributed by atoms with Crippen molar-refractivity contribution in [3.05, 3.63) is 103 Å². The number of nitrogens with zero attached hydrogens (tertiary/aromatic N) is 7. The van der Waals surface area contributed by atoms with E-state index in [1.165, 1.54) is 0 Å². The first kappa shape index (κ1) is 34.0. The molecule has 5 aromatic rings. The molecule has 3 fully saturated rings. The lowest BCUT2D eigenvalue weighted by atomic mass is 9.91. The number of imide groups is 1. The van der Waals surface area contributed by atoms with Crippen LogP contribution in [0.4, 0.5) is 27.0 Å². The number of aliphatic hydroxyl groups excluding tert-OH is 2. The SMILES string of the molecule is O=C(Nc1cccnc1)N[C@@H]1CCN(c2nc(NCC(c3ccccc3)c3ccccc3)c3ncn([C@@H]4C[C@H](N5C(=O)CNC5=O)[C@@H](O)[C@H]4O)c3n2)C1. The van der Waals surface area contributed by atoms with Crippen molar-refractivity contribution in [1.29, 1.82) is 0 Å². The molecule has 16 heteroatoms. The van der Waals surface area contributed by atoms with Gasteiger partial charge in [0.05, 0.1) is 36.8 Å². The van der Waals surface area contributed by atoms with Crippen LogP contribution >= 0.6 is 0 Å². The van der Waals surface area contributed by atoms with Crippen LogP contribution in [0.15, 0.2) is 91.5 Å². The maximum absolute atomic E-state index is 12.8. The number of pyridine rings is 1. The van der Waals surface area contributed by atoms with E-state index in [2.05, 4.69) is 50.5 Å². The Morgan fingerprint density at radius 1 is 0.943 bits per heavy atom. The fraction of sp³-hybridized carbons (Fsp3) is 0.324. The third-order valence-corrected chi connectivity index (χ3v) is 10.2. The number of fused-ring (bicyclic) bond motifs is 1. The van der Waals surface area contributed by atoms with Gasteiger partial charge in [0.25, 0.3) is 0 Å². The Labute approximate surface area is 304 Å². The molecule has 0 spiro atoms. The predicted octanol–water partition coefficient (Wildman–Crippen LogP) is 2.45. The van der Waals surface area contributed by atoms with E-state index in [1.807, 2.05) is 41.3 Å². The number of benzene rings is 2. The molecule has 1 aliphatic carbocycles. The average Bonchev–Trinajstić information content (AvgIpc) is 3.96. The van der Waals surface area contributed by atoms with E-state index in [0.717, 1.165) is 16.0 Å². The zero-order valence-electron chi connectivity index (χ0n) is 28.6. The number of aliphatic hydroxyl groups is 2. The van der Waals surface area contributed by atoms with E-state index in [9.17, 15) is 24.6 Å². The molecule has 0 bridgehead atoms. The number of hydrogen-bond acceptors (Lipinski definition) is 11. The third kappa shape index (κ3) is 6.81. The van der Waals surface area contributed by atoms with Crippen LogP contribution in [-0.4, -0.2) is 108 Å². The molecule has 3 aliphatic rings. The van der Waals surface area contributed by atoms with Crippen LogP contribution < -0.4 is 26.2 Å². The summed E-state index contributed by atoms with van der Waals surface area (Å²) >= 11 is 0. The fourth-order valence-corrected chi connectivity index (χ4v) is 7.55. The lowest BCUT2D eigenvalue weighted by Crippen LogP contribution is -2.46. The summed E-state index contributed by atoms with van der Waals surface area (Å²) < 4.78 is 1.69. The van der Waals surface area contributed by atoms with E-state index in [4.69, 9.17) is 15.0 Å². The summed E-state index contributed by atoms with van der Waals surface area (Å²) in [6.45, 7) is 1.32. The normalized spacial score (nSPS) is 22.8. The minimum atomic E-state index is -1.37. The topological polar surface area (TPSA) is 203 Å². The van der Waals surface area contributed by atoms with Crippen LogP contribution in [-0.2, 0) is 4.79 Å². The van der Waals surface area contributed by atoms with Crippen LogP contribution in [0, 0.1) is 0 Å². The molecule has 0 unspecified atom stereocenters. The van der Waals surface area contributed by atoms with Crippen molar-refractivity contribution in [2.45, 2.75) is 49.1 Å². The maximum atomic E-state index is 12.8. The Bertz CT molecular complexity index is 2050. The van der Waals surface area contributed by atoms with Crippen molar-refractivity contribution in [1.82, 2.24) is 40.0 Å². The van der Waals surface area contributed by atoms with Gasteiger partial charge in [0.1, 0.15) is 12.2 Å². The molecule has 1 saturated carbocycles. The number of urea groups is 2. The van der Waals surface area contributed by atoms with E-state index >= 15 is 0 Å². The number of rotatable bonds is 10. The quantitative estimate of drug-likeness (QED) is 0.116. The minimum absolute atomic E-state index is 0.0247. The number of carbonyl (C=O) groups excluding carboxylic acids is 3. The molecule has 3 aromatic heterocycles. The zero-order chi connectivity index (χ0) is 36.5. The third-order valence-electron chi connectivity index (χ3n) is 10.2. The summed E-state index contributed by atoms with van der Waals surface area (Å²) in [5.74, 6) is 0.387. The molecule has 53 heavy (non-hydrogen) atoms. The lowest BCUT2D eigenvalue weighted by molar-refractivity contribution is -0.128. The predicted molar refractivity (Wildman–Crippen MR) is 195 cm³/mol. The summed E-state index contributed by atoms with van der Waals surface area (Å²) in [6, 6.07) is 21.1. The first-order valence-corrected chi connectivity index (χ1v) is 17.6. The molecule has 6 N–H and O–H groups in total. The second-order valence-corrected chi connectivity index (χ2v) is 13.5. The number of anilines is 3. The first-order chi connectivity index (χ1) is 25.8. The molecule has 2 aromatic carbocycles. The van der Waals surface area contributed by atoms with E-state index in [1.54, 1.807) is 35.4 Å². The first-order valence-electron chi connectivity index (χ1n) is 17.6. The average molecular weight is 718 g/mol. The van der Waals surface area contributed by atoms with Gasteiger partial charge in [0.15, 0.2) is 17.0 Å². The second kappa shape index (κ2) is 14.5. The highest BCUT2D eigenvalue weighted by Crippen LogP contribution is 2.38. The number of imidazole rings is 1. The molecular weight excluding hydrogens is 678 g/mol. The van der Waals surface area contributed by atoms with Crippen LogP contribution in [0.3, 0.4) is 0 Å². The number of aromatic nitrogens is 5. The van der Waals surface area contributed by atoms with Gasteiger partial charge in [-0.05, 0) is 36.1 Å². The van der Waals surface area contributed by atoms with Gasteiger partial charge in [0, 0.05) is 37.8 Å². The van der Waals surface area contributed by atoms with Gasteiger partial charge in [-0.1, -0.05) is 60.7 Å². The molecule has 272 valence electrons. The van der Waals surface area contributed by atoms with Gasteiger partial charge in [0.2, 0.25) is 11.9 Å². The fourth-order valence-electron chi connectivity index (χ4n) is 7.55. The summed E-state index contributed by atoms with van der Waals surface area (Å²) in [5, 5.41) is 34.3. The van der Waals surface area contributed by atoms with Gasteiger partial charge in [-0.15, -0.1) is 0 Å². The lowest BCUT2D eigenvalue weighted by Gasteiger charge is -2.23. The summed E-state index contributed by atoms with van der Waals surface area (Å²) in [6.07, 6.45) is 2.82. The molecule has 0 radical (unpaired) electrons. The van der Waals surface area contributed by atoms with Crippen molar-refractivity contribution in [2.75, 3.05) is 41.7 Å². The molecule has 5 atom stereocenters. The number of hydrogen-bond donors (Lipinski definition) is 6. The van der Waals surface area contributed by atoms with E-state index < -0.39 is 36.2 Å². The molecule has 16 nitrogen and oxygen atoms in total. The standard InChI is InChI=1S/C37H39N11O5/c49-29-19-40-37(53)48(29)28-16-27(31(50)32(28)51)47-21-41-30-33(39-18-26(22-8-3-1-4-9-22)23-10-5-2-6-11-23)44-35(45-34(30)47)46-15-13-25(20-46)43-36(52)42-24-12-7-14-38-17-24/h1-12,14,17,21,25-28,31-32,50-51H,13,15-16,18-20H2,(H,40,53)(H,39,44,45)(H2,42,43,52)/t25-,27-,28+,31+,32-/m1/s1. The molecular formula is C37H39N11O5. The summed E-state index contributed by atoms with van der Waals surface area (Å²) in [7, 11) is 0. The zero-order valence-corrected chi connectivity index (χ0v) is 28.6. The maximum Gasteiger partial charge on any atom is 0.324 e. The molecule has 8 rings (SSSR count). The molecule has 5 heterocycles. The highest BCUT2D eigenvalue weighted by molar-refractivity contribution is 6.02. The number of amides is 5. The van der Waals surface area contributed by atoms with Crippen molar-refractivity contribution in [3.8, 4) is 0 Å². The second-order valence-electron chi connectivity index (χ2n) is 13.5. The molecule has 2 aliphatic heterocycles. The Balaban J connectivity index is 1.10. The van der Waals surface area contributed by atoms with Crippen molar-refractivity contribution < 1.29 is 24.6 Å². The Morgan fingerprint density at radius 2 is 1.68 bits per heavy atom. The van der Waals surface area contributed by atoms with Crippen LogP contribution in [0.2, 0.25) is 0 Å². The van der Waals surface area contributed by atoms with Gasteiger partial charge < -0.3 is 40.9 Å². The highest BCUT2D eigenvalue weighted by Gasteiger charge is 2.50. The Hall–Kier alpha value is -6.13. The van der Waals surface area contributed by atoms with E-state index in [0.29, 0.717) is 54.7 Å². The van der Waals surface area contributed by atoms with Crippen molar-refractivity contribution in [3.63, 3.8) is 0 Å². The van der Waals surface area contributed by atoms with Gasteiger partial charge in [-0.3, -0.25) is 14.7 Å². The van der Waals surface area contributed by atoms with Crippen LogP contribution in [0.5, 0.6) is 0 Å². The molecule has 2 saturated heterocycles. The number of carbonyl (C=O) groups is 3. The van der Waals surface area contributed by atoms with E-state index in [-0.39, 0.29) is 31.0 Å². The van der Waals surface area contributed by atoms with Gasteiger partial charge in [-0.2, -0.15) is 9.97 Å². The number of nitrogens with one attached hydrogen (secondary N) is 4. The smallest absolute Gasteiger partial charge is 0.324 e. The van der Waals surface area contributed by atoms with Gasteiger partial charge in [-0.25, -0.2) is 14.6 Å². The minimum Gasteiger partial charge on any atom is -0.388 e. The van der Waals surface area contributed by atoms with Gasteiger partial charge >= 0.3 is 12.1 Å². The molecule has 5 amide bonds.